The highest BCUT2D eigenvalue weighted by molar-refractivity contribution is 7.95. The van der Waals surface area contributed by atoms with Crippen LogP contribution in [0.25, 0.3) is 0 Å². The van der Waals surface area contributed by atoms with E-state index in [0.717, 1.165) is 24.4 Å². The molecular weight excluding hydrogens is 310 g/mol. The zero-order valence-electron chi connectivity index (χ0n) is 11.0. The Bertz CT molecular complexity index is 929. The Morgan fingerprint density at radius 2 is 1.64 bits per heavy atom. The molecule has 0 aromatic heterocycles. The van der Waals surface area contributed by atoms with Gasteiger partial charge in [-0.25, -0.2) is 17.2 Å². The van der Waals surface area contributed by atoms with Crippen LogP contribution in [0.1, 0.15) is 0 Å². The Labute approximate surface area is 125 Å². The van der Waals surface area contributed by atoms with Crippen LogP contribution in [0.5, 0.6) is 0 Å². The Hall–Kier alpha value is -2.72. The second-order valence-electron chi connectivity index (χ2n) is 4.57. The quantitative estimate of drug-likeness (QED) is 0.757. The maximum atomic E-state index is 13.5. The molecule has 0 spiro atoms. The number of nitriles is 1. The molecule has 0 bridgehead atoms. The molecule has 7 heteroatoms. The van der Waals surface area contributed by atoms with Gasteiger partial charge in [0.15, 0.2) is 4.91 Å². The van der Waals surface area contributed by atoms with Gasteiger partial charge in [0, 0.05) is 11.9 Å². The van der Waals surface area contributed by atoms with Crippen molar-refractivity contribution >= 4 is 21.2 Å². The highest BCUT2D eigenvalue weighted by Gasteiger charge is 2.32. The molecule has 1 aliphatic heterocycles. The molecule has 4 nitrogen and oxygen atoms in total. The molecule has 1 aliphatic rings. The fourth-order valence-corrected chi connectivity index (χ4v) is 3.47. The Morgan fingerprint density at radius 3 is 2.27 bits per heavy atom. The molecule has 2 aromatic carbocycles. The van der Waals surface area contributed by atoms with E-state index >= 15 is 0 Å². The van der Waals surface area contributed by atoms with E-state index in [9.17, 15) is 17.2 Å². The lowest BCUT2D eigenvalue weighted by Gasteiger charge is -2.27. The van der Waals surface area contributed by atoms with E-state index in [4.69, 9.17) is 5.26 Å². The van der Waals surface area contributed by atoms with E-state index in [0.29, 0.717) is 5.69 Å². The number of fused-ring (bicyclic) bond motifs is 1. The first-order valence-corrected chi connectivity index (χ1v) is 7.63. The van der Waals surface area contributed by atoms with Gasteiger partial charge >= 0.3 is 0 Å². The van der Waals surface area contributed by atoms with E-state index in [1.54, 1.807) is 6.07 Å². The first-order chi connectivity index (χ1) is 10.4. The van der Waals surface area contributed by atoms with E-state index in [2.05, 4.69) is 0 Å². The van der Waals surface area contributed by atoms with Crippen molar-refractivity contribution in [3.05, 3.63) is 65.2 Å². The molecular formula is C15H8F2N2O2S. The molecule has 0 aliphatic carbocycles. The monoisotopic (exact) mass is 318 g/mol. The van der Waals surface area contributed by atoms with Gasteiger partial charge in [0.25, 0.3) is 0 Å². The number of allylic oxidation sites excluding steroid dienone is 1. The summed E-state index contributed by atoms with van der Waals surface area (Å²) >= 11 is 0. The van der Waals surface area contributed by atoms with Crippen molar-refractivity contribution in [3.63, 3.8) is 0 Å². The number of sulfone groups is 1. The number of hydrogen-bond donors (Lipinski definition) is 0. The summed E-state index contributed by atoms with van der Waals surface area (Å²) in [7, 11) is -3.98. The van der Waals surface area contributed by atoms with Crippen LogP contribution in [0, 0.1) is 23.0 Å². The third-order valence-corrected chi connectivity index (χ3v) is 4.92. The highest BCUT2D eigenvalue weighted by atomic mass is 32.2. The summed E-state index contributed by atoms with van der Waals surface area (Å²) in [5.41, 5.74) is 0.488. The van der Waals surface area contributed by atoms with Crippen molar-refractivity contribution in [1.29, 1.82) is 5.26 Å². The normalized spacial score (nSPS) is 15.7. The largest absolute Gasteiger partial charge is 0.314 e. The van der Waals surface area contributed by atoms with Crippen LogP contribution >= 0.6 is 0 Å². The van der Waals surface area contributed by atoms with Gasteiger partial charge in [-0.1, -0.05) is 0 Å². The van der Waals surface area contributed by atoms with Crippen molar-refractivity contribution in [2.75, 3.05) is 4.90 Å². The van der Waals surface area contributed by atoms with Crippen LogP contribution < -0.4 is 4.90 Å². The Kier molecular flexibility index (Phi) is 3.19. The van der Waals surface area contributed by atoms with Crippen LogP contribution in [0.3, 0.4) is 0 Å². The van der Waals surface area contributed by atoms with Gasteiger partial charge in [0.05, 0.1) is 10.6 Å². The number of rotatable bonds is 1. The smallest absolute Gasteiger partial charge is 0.220 e. The fourth-order valence-electron chi connectivity index (χ4n) is 2.18. The third kappa shape index (κ3) is 2.14. The molecule has 0 atom stereocenters. The van der Waals surface area contributed by atoms with Gasteiger partial charge in [-0.15, -0.1) is 0 Å². The number of halogens is 2. The first-order valence-electron chi connectivity index (χ1n) is 6.15. The summed E-state index contributed by atoms with van der Waals surface area (Å²) in [6, 6.07) is 10.0. The summed E-state index contributed by atoms with van der Waals surface area (Å²) < 4.78 is 51.1. The maximum absolute atomic E-state index is 13.5. The molecule has 0 amide bonds. The molecule has 22 heavy (non-hydrogen) atoms. The predicted octanol–water partition coefficient (Wildman–Crippen LogP) is 3.26. The zero-order valence-corrected chi connectivity index (χ0v) is 11.8. The van der Waals surface area contributed by atoms with Crippen molar-refractivity contribution in [2.24, 2.45) is 0 Å². The van der Waals surface area contributed by atoms with Crippen LogP contribution in [0.4, 0.5) is 20.2 Å². The van der Waals surface area contributed by atoms with Crippen LogP contribution in [-0.2, 0) is 9.84 Å². The lowest BCUT2D eigenvalue weighted by molar-refractivity contribution is 0.600. The van der Waals surface area contributed by atoms with Gasteiger partial charge in [0.2, 0.25) is 9.84 Å². The second-order valence-corrected chi connectivity index (χ2v) is 6.45. The fraction of sp³-hybridized carbons (Fsp3) is 0. The summed E-state index contributed by atoms with van der Waals surface area (Å²) in [4.78, 5) is 0.713. The van der Waals surface area contributed by atoms with Gasteiger partial charge in [-0.05, 0) is 42.5 Å². The molecule has 1 heterocycles. The lowest BCUT2D eigenvalue weighted by Crippen LogP contribution is -2.21. The molecule has 0 saturated heterocycles. The SMILES string of the molecule is N#CC1=CN(c2ccc(F)cc2)c2cc(F)ccc2S1(=O)=O. The van der Waals surface area contributed by atoms with E-state index in [-0.39, 0.29) is 10.6 Å². The van der Waals surface area contributed by atoms with E-state index < -0.39 is 26.4 Å². The highest BCUT2D eigenvalue weighted by Crippen LogP contribution is 2.39. The van der Waals surface area contributed by atoms with Crippen LogP contribution in [-0.4, -0.2) is 8.42 Å². The standard InChI is InChI=1S/C15H8F2N2O2S/c16-10-1-4-12(5-2-10)19-9-13(8-18)22(20,21)15-6-3-11(17)7-14(15)19/h1-7,9H. The van der Waals surface area contributed by atoms with Gasteiger partial charge < -0.3 is 4.90 Å². The molecule has 0 N–H and O–H groups in total. The van der Waals surface area contributed by atoms with Crippen molar-refractivity contribution in [3.8, 4) is 6.07 Å². The van der Waals surface area contributed by atoms with E-state index in [1.165, 1.54) is 29.2 Å². The summed E-state index contributed by atoms with van der Waals surface area (Å²) in [5, 5.41) is 9.06. The summed E-state index contributed by atoms with van der Waals surface area (Å²) in [5.74, 6) is -1.08. The maximum Gasteiger partial charge on any atom is 0.220 e. The minimum atomic E-state index is -3.98. The van der Waals surface area contributed by atoms with Gasteiger partial charge in [-0.2, -0.15) is 5.26 Å². The zero-order chi connectivity index (χ0) is 15.9. The average Bonchev–Trinajstić information content (AvgIpc) is 2.48. The molecule has 0 radical (unpaired) electrons. The number of benzene rings is 2. The third-order valence-electron chi connectivity index (χ3n) is 3.22. The van der Waals surface area contributed by atoms with Gasteiger partial charge in [-0.3, -0.25) is 0 Å². The van der Waals surface area contributed by atoms with Crippen molar-refractivity contribution in [1.82, 2.24) is 0 Å². The van der Waals surface area contributed by atoms with Crippen molar-refractivity contribution < 1.29 is 17.2 Å². The molecule has 0 fully saturated rings. The minimum Gasteiger partial charge on any atom is -0.314 e. The topological polar surface area (TPSA) is 61.2 Å². The number of hydrogen-bond acceptors (Lipinski definition) is 4. The summed E-state index contributed by atoms with van der Waals surface area (Å²) in [6.45, 7) is 0. The Balaban J connectivity index is 2.29. The average molecular weight is 318 g/mol. The molecule has 110 valence electrons. The molecule has 3 rings (SSSR count). The van der Waals surface area contributed by atoms with Crippen LogP contribution in [0.2, 0.25) is 0 Å². The number of anilines is 2. The minimum absolute atomic E-state index is 0.0746. The first kappa shape index (κ1) is 14.2. The second kappa shape index (κ2) is 4.93. The Morgan fingerprint density at radius 1 is 1.00 bits per heavy atom. The van der Waals surface area contributed by atoms with Crippen molar-refractivity contribution in [2.45, 2.75) is 4.90 Å². The molecule has 0 unspecified atom stereocenters. The summed E-state index contributed by atoms with van der Waals surface area (Å²) in [6.07, 6.45) is 1.10. The lowest BCUT2D eigenvalue weighted by atomic mass is 10.2. The predicted molar refractivity (Wildman–Crippen MR) is 75.8 cm³/mol. The van der Waals surface area contributed by atoms with E-state index in [1.807, 2.05) is 0 Å². The molecule has 0 saturated carbocycles. The number of nitrogens with zero attached hydrogens (tertiary/aromatic N) is 2. The van der Waals surface area contributed by atoms with Gasteiger partial charge in [0.1, 0.15) is 17.7 Å². The van der Waals surface area contributed by atoms with Crippen LogP contribution in [0.15, 0.2) is 58.5 Å². The molecule has 2 aromatic rings.